The second kappa shape index (κ2) is 17.9. The van der Waals surface area contributed by atoms with Crippen LogP contribution in [-0.4, -0.2) is 73.6 Å². The Morgan fingerprint density at radius 1 is 0.500 bits per heavy atom. The summed E-state index contributed by atoms with van der Waals surface area (Å²) in [6.07, 6.45) is 0. The quantitative estimate of drug-likeness (QED) is 0.182. The number of rotatable bonds is 14. The first kappa shape index (κ1) is 46.1. The fraction of sp³-hybridized carbons (Fsp3) is 0.684. The van der Waals surface area contributed by atoms with Crippen LogP contribution in [0.3, 0.4) is 0 Å². The van der Waals surface area contributed by atoms with Gasteiger partial charge in [-0.15, -0.1) is 0 Å². The van der Waals surface area contributed by atoms with E-state index in [1.165, 1.54) is 22.3 Å². The van der Waals surface area contributed by atoms with Crippen LogP contribution in [0.1, 0.15) is 129 Å². The van der Waals surface area contributed by atoms with Crippen LogP contribution in [0.2, 0.25) is 49.8 Å². The summed E-state index contributed by atoms with van der Waals surface area (Å²) in [6, 6.07) is 13.0. The third-order valence-corrected chi connectivity index (χ3v) is 31.7. The number of anilines is 2. The molecule has 3 rings (SSSR count). The molecule has 1 heterocycles. The van der Waals surface area contributed by atoms with Gasteiger partial charge in [0.25, 0.3) is 0 Å². The molecule has 0 bridgehead atoms. The number of nitrogens with zero attached hydrogens (tertiary/aromatic N) is 2. The molecule has 0 saturated carbocycles. The molecule has 2 aromatic carbocycles. The van der Waals surface area contributed by atoms with Gasteiger partial charge in [0.1, 0.15) is 16.5 Å². The predicted octanol–water partition coefficient (Wildman–Crippen LogP) is 10.4. The normalized spacial score (nSPS) is 20.9. The lowest BCUT2D eigenvalue weighted by atomic mass is 9.93. The molecule has 0 amide bonds. The highest BCUT2D eigenvalue weighted by Crippen LogP contribution is 2.44. The first-order valence-electron chi connectivity index (χ1n) is 19.8. The summed E-state index contributed by atoms with van der Waals surface area (Å²) in [5.41, 5.74) is 6.79. The van der Waals surface area contributed by atoms with E-state index in [0.29, 0.717) is 10.6 Å². The molecule has 1 aliphatic rings. The van der Waals surface area contributed by atoms with Gasteiger partial charge < -0.3 is 32.0 Å². The van der Waals surface area contributed by atoms with Crippen LogP contribution in [0.15, 0.2) is 36.4 Å². The summed E-state index contributed by atoms with van der Waals surface area (Å²) in [5, 5.41) is 1.19. The van der Waals surface area contributed by atoms with Crippen molar-refractivity contribution in [3.63, 3.8) is 0 Å². The van der Waals surface area contributed by atoms with E-state index in [0.717, 1.165) is 11.4 Å². The van der Waals surface area contributed by atoms with Crippen LogP contribution in [0.25, 0.3) is 0 Å². The van der Waals surface area contributed by atoms with Crippen LogP contribution < -0.4 is 8.46 Å². The third-order valence-electron chi connectivity index (χ3n) is 9.51. The molecule has 1 saturated heterocycles. The van der Waals surface area contributed by atoms with E-state index in [1.54, 1.807) is 0 Å². The number of hydrogen-bond donors (Lipinski definition) is 2. The zero-order chi connectivity index (χ0) is 39.7. The van der Waals surface area contributed by atoms with Crippen molar-refractivity contribution in [1.29, 1.82) is 0 Å². The Morgan fingerprint density at radius 2 is 0.731 bits per heavy atom. The fourth-order valence-corrected chi connectivity index (χ4v) is 31.9. The van der Waals surface area contributed by atoms with Gasteiger partial charge in [-0.25, -0.2) is 0 Å². The topological polar surface area (TPSA) is 83.9 Å². The lowest BCUT2D eigenvalue weighted by Gasteiger charge is -2.53. The molecular formula is C38H72Al2N2O6Si4. The minimum Gasteiger partial charge on any atom is -0.466 e. The number of benzene rings is 2. The van der Waals surface area contributed by atoms with E-state index < -0.39 is 64.0 Å². The molecule has 0 atom stereocenters. The molecule has 0 radical (unpaired) electrons. The van der Waals surface area contributed by atoms with Gasteiger partial charge in [-0.05, 0) is 56.5 Å². The highest BCUT2D eigenvalue weighted by Gasteiger charge is 2.65. The van der Waals surface area contributed by atoms with Gasteiger partial charge in [0.2, 0.25) is 0 Å². The summed E-state index contributed by atoms with van der Waals surface area (Å²) in [5.74, 6) is 1.30. The standard InChI is InChI=1S/2C15H27NO3Si2.2C4H9.2Al/c2*1-11(2)13-9-8-10-14(12(3)4)15(13)16(20(5,6)7)21(17,18)19;2*1-4(2)3;;/h2*8-12,17H,1-7H3;2*4H,1H2,2-3H3;;/q2*-2;;;2*+2. The molecule has 52 heavy (non-hydrogen) atoms. The molecule has 8 nitrogen and oxygen atoms in total. The van der Waals surface area contributed by atoms with Gasteiger partial charge in [0.15, 0.2) is 0 Å². The molecule has 1 fully saturated rings. The maximum atomic E-state index is 13.4. The molecule has 0 aliphatic carbocycles. The van der Waals surface area contributed by atoms with Crippen LogP contribution in [0.5, 0.6) is 0 Å². The van der Waals surface area contributed by atoms with Gasteiger partial charge >= 0.3 is 47.6 Å². The van der Waals surface area contributed by atoms with Gasteiger partial charge in [-0.3, -0.25) is 0 Å². The van der Waals surface area contributed by atoms with Crippen LogP contribution in [-0.2, 0) is 13.9 Å². The van der Waals surface area contributed by atoms with Gasteiger partial charge in [-0.2, -0.15) is 0 Å². The van der Waals surface area contributed by atoms with Crippen molar-refractivity contribution in [3.8, 4) is 0 Å². The van der Waals surface area contributed by atoms with Crippen molar-refractivity contribution < 1.29 is 23.5 Å². The van der Waals surface area contributed by atoms with Crippen molar-refractivity contribution in [2.75, 3.05) is 8.46 Å². The molecule has 292 valence electrons. The van der Waals surface area contributed by atoms with Gasteiger partial charge in [0.05, 0.1) is 0 Å². The highest BCUT2D eigenvalue weighted by atomic mass is 28.5. The molecule has 0 unspecified atom stereocenters. The largest absolute Gasteiger partial charge is 0.661 e. The monoisotopic (exact) mass is 818 g/mol. The van der Waals surface area contributed by atoms with E-state index in [2.05, 4.69) is 167 Å². The molecule has 2 aromatic rings. The minimum atomic E-state index is -4.25. The summed E-state index contributed by atoms with van der Waals surface area (Å²) in [4.78, 5) is 26.8. The first-order chi connectivity index (χ1) is 23.7. The van der Waals surface area contributed by atoms with Gasteiger partial charge in [-0.1, -0.05) is 171 Å². The lowest BCUT2D eigenvalue weighted by molar-refractivity contribution is 0.149. The lowest BCUT2D eigenvalue weighted by Crippen LogP contribution is -2.77. The van der Waals surface area contributed by atoms with Crippen molar-refractivity contribution in [2.45, 2.75) is 157 Å². The van der Waals surface area contributed by atoms with Crippen LogP contribution >= 0.6 is 0 Å². The van der Waals surface area contributed by atoms with Crippen molar-refractivity contribution in [1.82, 2.24) is 0 Å². The van der Waals surface area contributed by atoms with Crippen molar-refractivity contribution >= 4 is 75.4 Å². The Balaban J connectivity index is 2.42. The Labute approximate surface area is 332 Å². The van der Waals surface area contributed by atoms with Gasteiger partial charge in [0, 0.05) is 11.4 Å². The summed E-state index contributed by atoms with van der Waals surface area (Å²) < 4.78 is 33.4. The van der Waals surface area contributed by atoms with Crippen molar-refractivity contribution in [2.24, 2.45) is 11.8 Å². The maximum absolute atomic E-state index is 13.4. The van der Waals surface area contributed by atoms with E-state index in [9.17, 15) is 9.59 Å². The molecule has 1 aliphatic heterocycles. The van der Waals surface area contributed by atoms with Crippen LogP contribution in [0.4, 0.5) is 11.4 Å². The zero-order valence-electron chi connectivity index (χ0n) is 35.9. The number of hydrogen-bond acceptors (Lipinski definition) is 8. The summed E-state index contributed by atoms with van der Waals surface area (Å²) in [6.45, 7) is 39.9. The van der Waals surface area contributed by atoms with E-state index in [1.807, 2.05) is 0 Å². The fourth-order valence-electron chi connectivity index (χ4n) is 7.30. The van der Waals surface area contributed by atoms with Crippen LogP contribution in [0, 0.1) is 11.8 Å². The number of para-hydroxylation sites is 2. The van der Waals surface area contributed by atoms with Crippen molar-refractivity contribution in [3.05, 3.63) is 58.7 Å². The molecule has 14 heteroatoms. The van der Waals surface area contributed by atoms with E-state index >= 15 is 0 Å². The zero-order valence-corrected chi connectivity index (χ0v) is 42.2. The SMILES string of the molecule is CC(C)[CH2][Al]1[O][Si](O)(N(c2c(C(C)C)cccc2C(C)C)[Si](C)(C)C)[O][Al]([CH2]C(C)C)[O][Si](O)(N(c2c(C(C)C)cccc2C(C)C)[Si](C)(C)C)[O]1. The minimum absolute atomic E-state index is 0.209. The van der Waals surface area contributed by atoms with E-state index in [-0.39, 0.29) is 35.5 Å². The highest BCUT2D eigenvalue weighted by molar-refractivity contribution is 6.99. The second-order valence-electron chi connectivity index (χ2n) is 18.9. The Kier molecular flexibility index (Phi) is 15.9. The average Bonchev–Trinajstić information content (AvgIpc) is 2.93. The summed E-state index contributed by atoms with van der Waals surface area (Å²) >= 11 is -5.76. The third kappa shape index (κ3) is 11.0. The molecule has 0 aromatic heterocycles. The summed E-state index contributed by atoms with van der Waals surface area (Å²) in [7, 11) is -13.3. The first-order valence-corrected chi connectivity index (χ1v) is 33.6. The smallest absolute Gasteiger partial charge is 0.466 e. The Morgan fingerprint density at radius 3 is 0.904 bits per heavy atom. The average molecular weight is 819 g/mol. The molecule has 2 N–H and O–H groups in total. The van der Waals surface area contributed by atoms with E-state index in [4.69, 9.17) is 13.9 Å². The molecular weight excluding hydrogens is 747 g/mol. The second-order valence-corrected chi connectivity index (χ2v) is 38.9. The molecule has 0 spiro atoms. The predicted molar refractivity (Wildman–Crippen MR) is 232 cm³/mol. The Bertz CT molecular complexity index is 1310. The maximum Gasteiger partial charge on any atom is 0.661 e. The Hall–Kier alpha value is -0.268.